The van der Waals surface area contributed by atoms with Crippen LogP contribution < -0.4 is 0 Å². The van der Waals surface area contributed by atoms with Gasteiger partial charge in [-0.15, -0.1) is 12.8 Å². The lowest BCUT2D eigenvalue weighted by Gasteiger charge is -1.76. The molecule has 1 aliphatic rings. The van der Waals surface area contributed by atoms with Gasteiger partial charge in [-0.3, -0.25) is 0 Å². The van der Waals surface area contributed by atoms with E-state index in [1.807, 2.05) is 0 Å². The van der Waals surface area contributed by atoms with Gasteiger partial charge in [0.25, 0.3) is 0 Å². The topological polar surface area (TPSA) is 21.6 Å². The molecule has 2 heteroatoms. The Balaban J connectivity index is 0.000000162. The molecule has 0 atom stereocenters. The fourth-order valence-corrected chi connectivity index (χ4v) is 0.264. The molecule has 38 valence electrons. The van der Waals surface area contributed by atoms with Gasteiger partial charge in [-0.25, -0.2) is 0 Å². The van der Waals surface area contributed by atoms with E-state index in [0.717, 1.165) is 13.0 Å². The molecule has 0 aromatic heterocycles. The van der Waals surface area contributed by atoms with E-state index in [1.165, 1.54) is 0 Å². The number of hydrogen-bond donors (Lipinski definition) is 0. The zero-order chi connectivity index (χ0) is 5.54. The second-order valence-electron chi connectivity index (χ2n) is 0.910. The van der Waals surface area contributed by atoms with Gasteiger partial charge < -0.3 is 4.84 Å². The Hall–Kier alpha value is -0.970. The average Bonchev–Trinajstić information content (AvgIpc) is 2.23. The number of oxime groups is 1. The highest BCUT2D eigenvalue weighted by Gasteiger charge is 1.86. The molecule has 0 radical (unpaired) electrons. The van der Waals surface area contributed by atoms with Crippen molar-refractivity contribution < 1.29 is 4.84 Å². The molecule has 0 fully saturated rings. The van der Waals surface area contributed by atoms with Gasteiger partial charge in [-0.05, 0) is 0 Å². The highest BCUT2D eigenvalue weighted by Crippen LogP contribution is 1.86. The van der Waals surface area contributed by atoms with Gasteiger partial charge in [0, 0.05) is 12.6 Å². The highest BCUT2D eigenvalue weighted by atomic mass is 16.6. The van der Waals surface area contributed by atoms with Crippen LogP contribution in [0.4, 0.5) is 0 Å². The van der Waals surface area contributed by atoms with E-state index in [9.17, 15) is 0 Å². The maximum atomic E-state index is 4.51. The van der Waals surface area contributed by atoms with E-state index < -0.39 is 0 Å². The third-order valence-electron chi connectivity index (χ3n) is 0.487. The molecule has 0 spiro atoms. The van der Waals surface area contributed by atoms with Crippen molar-refractivity contribution in [1.29, 1.82) is 0 Å². The normalized spacial score (nSPS) is 14.0. The Labute approximate surface area is 43.2 Å². The minimum atomic E-state index is 0.778. The van der Waals surface area contributed by atoms with Gasteiger partial charge in [0.1, 0.15) is 6.61 Å². The standard InChI is InChI=1S/C3H5NO.C2H2/c1-2-4-5-3-1;1-2/h2H,1,3H2;1-2H. The summed E-state index contributed by atoms with van der Waals surface area (Å²) in [4.78, 5) is 4.51. The second-order valence-corrected chi connectivity index (χ2v) is 0.910. The average molecular weight is 97.1 g/mol. The van der Waals surface area contributed by atoms with E-state index in [4.69, 9.17) is 0 Å². The molecule has 0 aromatic rings. The molecule has 0 aliphatic carbocycles. The minimum absolute atomic E-state index is 0.778. The van der Waals surface area contributed by atoms with Crippen molar-refractivity contribution in [2.45, 2.75) is 6.42 Å². The van der Waals surface area contributed by atoms with E-state index in [-0.39, 0.29) is 0 Å². The van der Waals surface area contributed by atoms with Crippen molar-refractivity contribution in [3.8, 4) is 12.8 Å². The maximum absolute atomic E-state index is 4.51. The quantitative estimate of drug-likeness (QED) is 0.406. The van der Waals surface area contributed by atoms with E-state index in [1.54, 1.807) is 6.21 Å². The molecule has 1 rings (SSSR count). The molecule has 7 heavy (non-hydrogen) atoms. The van der Waals surface area contributed by atoms with Crippen LogP contribution in [-0.2, 0) is 4.84 Å². The maximum Gasteiger partial charge on any atom is 0.122 e. The van der Waals surface area contributed by atoms with Crippen molar-refractivity contribution in [1.82, 2.24) is 0 Å². The summed E-state index contributed by atoms with van der Waals surface area (Å²) in [5, 5.41) is 3.46. The van der Waals surface area contributed by atoms with Crippen LogP contribution in [0.5, 0.6) is 0 Å². The summed E-state index contributed by atoms with van der Waals surface area (Å²) in [6.45, 7) is 0.778. The number of nitrogens with zero attached hydrogens (tertiary/aromatic N) is 1. The monoisotopic (exact) mass is 97.1 g/mol. The van der Waals surface area contributed by atoms with Gasteiger partial charge in [0.2, 0.25) is 0 Å². The fourth-order valence-electron chi connectivity index (χ4n) is 0.264. The van der Waals surface area contributed by atoms with Crippen LogP contribution in [0.1, 0.15) is 6.42 Å². The highest BCUT2D eigenvalue weighted by molar-refractivity contribution is 5.57. The molecule has 0 saturated heterocycles. The van der Waals surface area contributed by atoms with Crippen molar-refractivity contribution in [2.24, 2.45) is 5.16 Å². The van der Waals surface area contributed by atoms with E-state index in [2.05, 4.69) is 22.8 Å². The third-order valence-corrected chi connectivity index (χ3v) is 0.487. The van der Waals surface area contributed by atoms with Gasteiger partial charge >= 0.3 is 0 Å². The van der Waals surface area contributed by atoms with Crippen LogP contribution in [0.15, 0.2) is 5.16 Å². The Morgan fingerprint density at radius 3 is 2.43 bits per heavy atom. The van der Waals surface area contributed by atoms with E-state index in [0.29, 0.717) is 0 Å². The van der Waals surface area contributed by atoms with E-state index >= 15 is 0 Å². The zero-order valence-corrected chi connectivity index (χ0v) is 4.00. The molecule has 2 nitrogen and oxygen atoms in total. The van der Waals surface area contributed by atoms with Crippen molar-refractivity contribution >= 4 is 6.21 Å². The predicted molar refractivity (Wildman–Crippen MR) is 29.0 cm³/mol. The van der Waals surface area contributed by atoms with Crippen molar-refractivity contribution in [3.63, 3.8) is 0 Å². The number of rotatable bonds is 0. The van der Waals surface area contributed by atoms with Crippen LogP contribution in [-0.4, -0.2) is 12.8 Å². The molecular formula is C5H7NO. The summed E-state index contributed by atoms with van der Waals surface area (Å²) in [5.74, 6) is 0. The summed E-state index contributed by atoms with van der Waals surface area (Å²) in [7, 11) is 0. The first kappa shape index (κ1) is 6.03. The Morgan fingerprint density at radius 1 is 1.57 bits per heavy atom. The van der Waals surface area contributed by atoms with Crippen molar-refractivity contribution in [2.75, 3.05) is 6.61 Å². The lowest BCUT2D eigenvalue weighted by molar-refractivity contribution is 0.174. The molecular weight excluding hydrogens is 90.1 g/mol. The Bertz CT molecular complexity index is 69.4. The van der Waals surface area contributed by atoms with Gasteiger partial charge in [-0.2, -0.15) is 0 Å². The smallest absolute Gasteiger partial charge is 0.122 e. The van der Waals surface area contributed by atoms with Gasteiger partial charge in [-0.1, -0.05) is 5.16 Å². The molecule has 0 aromatic carbocycles. The number of terminal acetylenes is 1. The summed E-state index contributed by atoms with van der Waals surface area (Å²) in [6.07, 6.45) is 10.8. The Morgan fingerprint density at radius 2 is 2.29 bits per heavy atom. The molecule has 0 N–H and O–H groups in total. The lowest BCUT2D eigenvalue weighted by Crippen LogP contribution is -1.72. The SMILES string of the molecule is C#C.C1=NOCC1. The molecule has 0 bridgehead atoms. The first-order valence-corrected chi connectivity index (χ1v) is 1.97. The molecule has 0 unspecified atom stereocenters. The first-order valence-electron chi connectivity index (χ1n) is 1.97. The zero-order valence-electron chi connectivity index (χ0n) is 4.00. The van der Waals surface area contributed by atoms with Crippen LogP contribution >= 0.6 is 0 Å². The van der Waals surface area contributed by atoms with Gasteiger partial charge in [0.15, 0.2) is 0 Å². The third kappa shape index (κ3) is 2.84. The predicted octanol–water partition coefficient (Wildman–Crippen LogP) is 0.642. The minimum Gasteiger partial charge on any atom is -0.396 e. The summed E-state index contributed by atoms with van der Waals surface area (Å²) < 4.78 is 0. The summed E-state index contributed by atoms with van der Waals surface area (Å²) in [6, 6.07) is 0. The second kappa shape index (κ2) is 5.03. The van der Waals surface area contributed by atoms with Crippen LogP contribution in [0.3, 0.4) is 0 Å². The summed E-state index contributed by atoms with van der Waals surface area (Å²) >= 11 is 0. The van der Waals surface area contributed by atoms with Crippen LogP contribution in [0.2, 0.25) is 0 Å². The Kier molecular flexibility index (Phi) is 4.33. The number of hydrogen-bond acceptors (Lipinski definition) is 2. The van der Waals surface area contributed by atoms with Crippen molar-refractivity contribution in [3.05, 3.63) is 0 Å². The van der Waals surface area contributed by atoms with Gasteiger partial charge in [0.05, 0.1) is 0 Å². The lowest BCUT2D eigenvalue weighted by atomic mass is 10.5. The van der Waals surface area contributed by atoms with Crippen LogP contribution in [0.25, 0.3) is 0 Å². The molecule has 0 saturated carbocycles. The summed E-state index contributed by atoms with van der Waals surface area (Å²) in [5.41, 5.74) is 0. The molecule has 1 heterocycles. The van der Waals surface area contributed by atoms with Crippen LogP contribution in [0, 0.1) is 12.8 Å². The fraction of sp³-hybridized carbons (Fsp3) is 0.400. The molecule has 1 aliphatic heterocycles. The molecule has 0 amide bonds. The first-order chi connectivity index (χ1) is 3.50. The largest absolute Gasteiger partial charge is 0.396 e.